The number of fused-ring (bicyclic) bond motifs is 4. The monoisotopic (exact) mass is 2000 g/mol. The fourth-order valence-electron chi connectivity index (χ4n) is 15.0. The van der Waals surface area contributed by atoms with Crippen LogP contribution in [-0.2, 0) is 159 Å². The number of nitrogens with one attached hydrogen (secondary N) is 3. The highest BCUT2D eigenvalue weighted by atomic mass is 32.7. The first-order valence-corrected chi connectivity index (χ1v) is 53.3. The molecule has 0 saturated carbocycles. The summed E-state index contributed by atoms with van der Waals surface area (Å²) in [6.45, 7) is -27.6. The Kier molecular flexibility index (Phi) is 27.7. The zero-order chi connectivity index (χ0) is 90.3. The van der Waals surface area contributed by atoms with Crippen LogP contribution in [-0.4, -0.2) is 211 Å². The van der Waals surface area contributed by atoms with Crippen molar-refractivity contribution in [3.8, 4) is 0 Å². The van der Waals surface area contributed by atoms with E-state index < -0.39 is 212 Å². The van der Waals surface area contributed by atoms with Crippen LogP contribution in [0.4, 0.5) is 23.4 Å². The van der Waals surface area contributed by atoms with Gasteiger partial charge in [-0.05, 0) is 20.3 Å². The molecule has 6 aliphatic rings. The molecule has 688 valence electrons. The molecule has 0 aromatic carbocycles. The Balaban J connectivity index is 0.614. The summed E-state index contributed by atoms with van der Waals surface area (Å²) in [4.78, 5) is 189. The van der Waals surface area contributed by atoms with E-state index in [1.54, 1.807) is 11.5 Å². The van der Waals surface area contributed by atoms with Gasteiger partial charge in [0, 0.05) is 69.2 Å². The van der Waals surface area contributed by atoms with Crippen molar-refractivity contribution in [1.82, 2.24) is 97.2 Å². The molecule has 11 N–H and O–H groups in total. The van der Waals surface area contributed by atoms with E-state index >= 15 is 0 Å². The third-order valence-electron chi connectivity index (χ3n) is 21.0. The Bertz CT molecular complexity index is 6470. The summed E-state index contributed by atoms with van der Waals surface area (Å²) in [7, 11) is 1.07. The van der Waals surface area contributed by atoms with E-state index in [1.807, 2.05) is 0 Å². The molecule has 0 spiro atoms. The summed E-state index contributed by atoms with van der Waals surface area (Å²) in [5.41, 5.74) is 21.5. The molecule has 6 unspecified atom stereocenters. The molecular weight excluding hydrogens is 1920 g/mol. The molecule has 0 amide bonds. The largest absolute Gasteiger partial charge is 0.780 e. The number of hydrogen-bond acceptors (Lipinski definition) is 50. The molecule has 53 nitrogen and oxygen atoms in total. The highest BCUT2D eigenvalue weighted by molar-refractivity contribution is 8.32. The van der Waals surface area contributed by atoms with Crippen molar-refractivity contribution in [1.29, 1.82) is 0 Å². The zero-order valence-electron chi connectivity index (χ0n) is 66.0. The Morgan fingerprint density at radius 1 is 0.409 bits per heavy atom. The average molecular weight is 2000 g/mol. The normalized spacial score (nSPS) is 29.3. The lowest BCUT2D eigenvalue weighted by atomic mass is 10.1. The van der Waals surface area contributed by atoms with E-state index in [2.05, 4.69) is 69.8 Å². The molecule has 10 aromatic rings. The first-order chi connectivity index (χ1) is 60.2. The van der Waals surface area contributed by atoms with Gasteiger partial charge >= 0.3 is 11.4 Å². The van der Waals surface area contributed by atoms with Gasteiger partial charge in [-0.25, -0.2) is 59.4 Å². The van der Waals surface area contributed by atoms with E-state index in [1.165, 1.54) is 77.9 Å². The molecule has 65 heteroatoms. The topological polar surface area (TPSA) is 707 Å². The number of aromatic nitrogens is 20. The second-order valence-electron chi connectivity index (χ2n) is 29.3. The first-order valence-electron chi connectivity index (χ1n) is 38.0. The number of anilines is 4. The van der Waals surface area contributed by atoms with Gasteiger partial charge in [0.2, 0.25) is 5.95 Å². The van der Waals surface area contributed by atoms with Gasteiger partial charge in [0.15, 0.2) is 52.4 Å². The number of nitrogens with zero attached hydrogens (tertiary/aromatic N) is 17. The maximum Gasteiger partial charge on any atom is 0.330 e. The van der Waals surface area contributed by atoms with Crippen molar-refractivity contribution in [2.24, 2.45) is 0 Å². The number of ether oxygens (including phenoxy) is 6. The summed E-state index contributed by atoms with van der Waals surface area (Å²) in [6.07, 6.45) is -12.4. The van der Waals surface area contributed by atoms with Crippen LogP contribution in [0, 0.1) is 13.8 Å². The van der Waals surface area contributed by atoms with Gasteiger partial charge in [0.25, 0.3) is 16.7 Å². The molecule has 0 bridgehead atoms. The summed E-state index contributed by atoms with van der Waals surface area (Å²) in [6, 6.07) is 0. The highest BCUT2D eigenvalue weighted by Gasteiger charge is 2.48. The summed E-state index contributed by atoms with van der Waals surface area (Å²) in [5.74, 6) is -0.155. The Hall–Kier alpha value is -6.53. The molecule has 10 aromatic heterocycles. The maximum absolute atomic E-state index is 15.0. The van der Waals surface area contributed by atoms with Crippen molar-refractivity contribution >= 4 is 180 Å². The van der Waals surface area contributed by atoms with Crippen LogP contribution < -0.4 is 75.5 Å². The van der Waals surface area contributed by atoms with E-state index in [0.29, 0.717) is 17.6 Å². The molecule has 6 fully saturated rings. The van der Waals surface area contributed by atoms with Gasteiger partial charge in [0.1, 0.15) is 137 Å². The Morgan fingerprint density at radius 3 is 1.04 bits per heavy atom. The van der Waals surface area contributed by atoms with Crippen molar-refractivity contribution in [2.45, 2.75) is 176 Å². The predicted molar refractivity (Wildman–Crippen MR) is 448 cm³/mol. The molecule has 127 heavy (non-hydrogen) atoms. The molecule has 24 atom stereocenters. The van der Waals surface area contributed by atoms with E-state index in [9.17, 15) is 53.0 Å². The number of nitrogens with two attached hydrogens (primary N) is 4. The summed E-state index contributed by atoms with van der Waals surface area (Å²) >= 11 is 32.6. The maximum atomic E-state index is 15.0. The number of nitrogen functional groups attached to an aromatic ring is 4. The standard InChI is InChI=1S/C62H80N24O29P6S6/c1-5-28-29(6-42(104-28)83-22-73-46-50(63)67-19-70-53(46)83)111-117(93,123)99-15-36-31(7-40(105-36)81-12-26(2)57(87)79-61(81)90)113-119(95,125)102-17-38-33(10-44(108-38)85-24-75-48-52(65)69-21-72-55(48)85)114-121(97,127)103-18-39-34(11-45(109-39)86-25-76-49-56(86)77-60(66)78-59(49)89)115-120(96,126)101-16-37-32(8-41(106-37)82-13-27(3)58(88)80-62(82)91)112-118(94,124)100-14-35-30(110-116(92,122)98-4)9-43(107-35)84-23-74-47-51(64)68-20-71-54(47)84/h12-13,19-25,28-45H,5-11,14-18H2,1-4H3,(H,92,122)(H,93,123)(H,94,124)(H,95,125)(H,96,126)(H,97,127)(H2,63,67,70)(H2,64,68,71)(H2,65,69,72)(H,79,87,90)(H,80,88,91)(H3,66,77,78,89)/p-6/t28-,29-,30-,31-,32-,33-,34-,35-,36-,37-,38-,39-,40-,41-,42-,43-,44-,45-,116?,117?,118?,119?,120?,121?/m1/s1. The number of aryl methyl sites for hydroxylation is 2. The molecular formula is C62H74N24O29P6S6-6. The smallest absolute Gasteiger partial charge is 0.330 e. The Labute approximate surface area is 743 Å². The van der Waals surface area contributed by atoms with Crippen LogP contribution in [0.5, 0.6) is 0 Å². The lowest BCUT2D eigenvalue weighted by molar-refractivity contribution is -0.221. The van der Waals surface area contributed by atoms with E-state index in [-0.39, 0.29) is 107 Å². The van der Waals surface area contributed by atoms with Crippen LogP contribution in [0.3, 0.4) is 0 Å². The summed E-state index contributed by atoms with van der Waals surface area (Å²) < 4.78 is 131. The van der Waals surface area contributed by atoms with Crippen molar-refractivity contribution < 1.29 is 112 Å². The van der Waals surface area contributed by atoms with Gasteiger partial charge in [-0.3, -0.25) is 61.3 Å². The lowest BCUT2D eigenvalue weighted by Crippen LogP contribution is -2.34. The van der Waals surface area contributed by atoms with E-state index in [4.69, 9.17) is 177 Å². The summed E-state index contributed by atoms with van der Waals surface area (Å²) in [5, 5.41) is 0. The fourth-order valence-corrected chi connectivity index (χ4v) is 23.3. The van der Waals surface area contributed by atoms with Crippen LogP contribution >= 0.6 is 40.4 Å². The quantitative estimate of drug-likeness (QED) is 0.0174. The predicted octanol–water partition coefficient (Wildman–Crippen LogP) is -1.56. The first kappa shape index (κ1) is 93.7. The third-order valence-corrected chi connectivity index (χ3v) is 30.6. The molecule has 0 radical (unpaired) electrons. The SMILES string of the molecule is CC[C@H]1O[C@@H](n2cnc3c(N)ncnc32)C[C@H]1OP([O-])(=S)OC[C@H]1O[C@@H](n2cc(C)c(=O)[nH]c2=O)C[C@H]1OP(=O)([S-])OC[C@H]1O[C@@H](n2cnc3c(N)ncnc32)C[C@H]1OP([O-])(=S)OC[C@H]1O[C@@H](n2cnc3c(=O)[nH]c(N)nc32)C[C@H]1OP([O-])(=S)OC[C@H]1O[C@@H](n2cc(C)c(=O)[nH]c2=O)C[C@H]1OP([O-])(=S)OC[C@H]1O[C@@H](n2cnc3c(N)ncnc32)C[C@H]1OP([O-])(=S)OC. The van der Waals surface area contributed by atoms with E-state index in [0.717, 1.165) is 22.6 Å². The molecule has 16 rings (SSSR count). The van der Waals surface area contributed by atoms with Crippen LogP contribution in [0.25, 0.3) is 44.7 Å². The molecule has 6 aliphatic heterocycles. The number of rotatable bonds is 35. The molecule has 0 aliphatic carbocycles. The van der Waals surface area contributed by atoms with Gasteiger partial charge in [-0.2, -0.15) is 4.98 Å². The Morgan fingerprint density at radius 2 is 0.701 bits per heavy atom. The van der Waals surface area contributed by atoms with Crippen LogP contribution in [0.1, 0.15) is 100 Å². The second kappa shape index (κ2) is 37.5. The van der Waals surface area contributed by atoms with Gasteiger partial charge in [-0.15, -0.1) is 0 Å². The van der Waals surface area contributed by atoms with Gasteiger partial charge in [0.05, 0.1) is 101 Å². The number of aromatic amines is 3. The van der Waals surface area contributed by atoms with Crippen LogP contribution in [0.15, 0.2) is 80.7 Å². The lowest BCUT2D eigenvalue weighted by Gasteiger charge is -2.36. The molecule has 16 heterocycles. The number of imidazole rings is 4. The molecule has 6 saturated heterocycles. The zero-order valence-corrected chi connectivity index (χ0v) is 76.2. The van der Waals surface area contributed by atoms with Crippen LogP contribution in [0.2, 0.25) is 0 Å². The van der Waals surface area contributed by atoms with Crippen molar-refractivity contribution in [2.75, 3.05) is 63.1 Å². The second-order valence-corrected chi connectivity index (χ2v) is 45.6. The minimum absolute atomic E-state index is 0.0162. The average Bonchev–Trinajstić information content (AvgIpc) is 1.65. The van der Waals surface area contributed by atoms with Crippen molar-refractivity contribution in [3.63, 3.8) is 0 Å². The fraction of sp³-hybridized carbons (Fsp3) is 0.548. The van der Waals surface area contributed by atoms with Gasteiger partial charge in [-0.1, -0.05) is 66.0 Å². The minimum Gasteiger partial charge on any atom is -0.780 e. The highest BCUT2D eigenvalue weighted by Crippen LogP contribution is 2.56. The van der Waals surface area contributed by atoms with Gasteiger partial charge < -0.3 is 142 Å². The minimum atomic E-state index is -4.96. The number of hydrogen-bond donors (Lipinski definition) is 7. The van der Waals surface area contributed by atoms with Crippen molar-refractivity contribution in [3.05, 3.63) is 120 Å². The number of H-pyrrole nitrogens is 3. The third kappa shape index (κ3) is 21.0.